The third-order valence-corrected chi connectivity index (χ3v) is 4.95. The van der Waals surface area contributed by atoms with Crippen molar-refractivity contribution in [1.29, 1.82) is 0 Å². The van der Waals surface area contributed by atoms with Gasteiger partial charge < -0.3 is 10.6 Å². The number of benzene rings is 1. The minimum absolute atomic E-state index is 0.118. The van der Waals surface area contributed by atoms with Crippen LogP contribution in [0.5, 0.6) is 0 Å². The van der Waals surface area contributed by atoms with E-state index in [1.807, 2.05) is 36.4 Å². The number of hydrogen-bond acceptors (Lipinski definition) is 4. The highest BCUT2D eigenvalue weighted by Gasteiger charge is 2.06. The molecule has 5 nitrogen and oxygen atoms in total. The van der Waals surface area contributed by atoms with Gasteiger partial charge in [0.15, 0.2) is 0 Å². The number of carbonyl (C=O) groups is 2. The average molecular weight is 398 g/mol. The van der Waals surface area contributed by atoms with Gasteiger partial charge in [0.1, 0.15) is 0 Å². The van der Waals surface area contributed by atoms with E-state index in [1.54, 1.807) is 24.4 Å². The molecule has 0 saturated heterocycles. The minimum atomic E-state index is -0.343. The van der Waals surface area contributed by atoms with Crippen LogP contribution in [-0.2, 0) is 9.59 Å². The van der Waals surface area contributed by atoms with Gasteiger partial charge in [-0.05, 0) is 36.4 Å². The Bertz CT molecular complexity index is 970. The van der Waals surface area contributed by atoms with Crippen LogP contribution in [0.15, 0.2) is 67.0 Å². The molecule has 0 radical (unpaired) electrons. The molecule has 0 aliphatic heterocycles. The fourth-order valence-electron chi connectivity index (χ4n) is 2.27. The summed E-state index contributed by atoms with van der Waals surface area (Å²) in [6, 6.07) is 14.9. The summed E-state index contributed by atoms with van der Waals surface area (Å²) in [5.41, 5.74) is 1.54. The molecule has 0 saturated carbocycles. The first-order valence-electron chi connectivity index (χ1n) is 8.12. The standard InChI is InChI=1S/C20H16ClN3O2S/c21-17-6-2-1-5-16(17)18-9-7-15(27-18)8-10-19(25)23-13-20(26)24-14-4-3-11-22-12-14/h1-12H,13H2,(H,23,25)(H,24,26)/b10-8+. The fraction of sp³-hybridized carbons (Fsp3) is 0.0500. The highest BCUT2D eigenvalue weighted by molar-refractivity contribution is 7.16. The normalized spacial score (nSPS) is 10.7. The third kappa shape index (κ3) is 5.51. The Balaban J connectivity index is 1.52. The van der Waals surface area contributed by atoms with Gasteiger partial charge in [-0.3, -0.25) is 14.6 Å². The van der Waals surface area contributed by atoms with E-state index in [0.29, 0.717) is 10.7 Å². The molecular formula is C20H16ClN3O2S. The van der Waals surface area contributed by atoms with E-state index in [4.69, 9.17) is 11.6 Å². The van der Waals surface area contributed by atoms with E-state index in [9.17, 15) is 9.59 Å². The smallest absolute Gasteiger partial charge is 0.244 e. The molecule has 1 aromatic carbocycles. The van der Waals surface area contributed by atoms with Crippen LogP contribution in [0.2, 0.25) is 5.02 Å². The Kier molecular flexibility index (Phi) is 6.35. The molecule has 2 amide bonds. The molecular weight excluding hydrogens is 382 g/mol. The van der Waals surface area contributed by atoms with Crippen molar-refractivity contribution in [2.75, 3.05) is 11.9 Å². The molecule has 27 heavy (non-hydrogen) atoms. The number of hydrogen-bond donors (Lipinski definition) is 2. The van der Waals surface area contributed by atoms with Gasteiger partial charge in [-0.1, -0.05) is 29.8 Å². The van der Waals surface area contributed by atoms with Crippen LogP contribution in [-0.4, -0.2) is 23.3 Å². The van der Waals surface area contributed by atoms with Crippen molar-refractivity contribution in [3.63, 3.8) is 0 Å². The number of nitrogens with zero attached hydrogens (tertiary/aromatic N) is 1. The molecule has 0 atom stereocenters. The van der Waals surface area contributed by atoms with Gasteiger partial charge in [-0.2, -0.15) is 0 Å². The average Bonchev–Trinajstić information content (AvgIpc) is 3.15. The van der Waals surface area contributed by atoms with E-state index >= 15 is 0 Å². The van der Waals surface area contributed by atoms with Gasteiger partial charge >= 0.3 is 0 Å². The van der Waals surface area contributed by atoms with Crippen LogP contribution in [0.25, 0.3) is 16.5 Å². The van der Waals surface area contributed by atoms with Gasteiger partial charge in [0.25, 0.3) is 0 Å². The quantitative estimate of drug-likeness (QED) is 0.611. The van der Waals surface area contributed by atoms with Gasteiger partial charge in [-0.25, -0.2) is 0 Å². The van der Waals surface area contributed by atoms with Crippen LogP contribution in [0.1, 0.15) is 4.88 Å². The predicted molar refractivity (Wildman–Crippen MR) is 110 cm³/mol. The summed E-state index contributed by atoms with van der Waals surface area (Å²) >= 11 is 7.74. The van der Waals surface area contributed by atoms with E-state index in [1.165, 1.54) is 23.6 Å². The first-order chi connectivity index (χ1) is 13.1. The van der Waals surface area contributed by atoms with Crippen LogP contribution >= 0.6 is 22.9 Å². The van der Waals surface area contributed by atoms with Crippen LogP contribution < -0.4 is 10.6 Å². The zero-order valence-corrected chi connectivity index (χ0v) is 15.8. The van der Waals surface area contributed by atoms with Gasteiger partial charge in [-0.15, -0.1) is 11.3 Å². The van der Waals surface area contributed by atoms with Crippen LogP contribution in [0.4, 0.5) is 5.69 Å². The van der Waals surface area contributed by atoms with Crippen LogP contribution in [0.3, 0.4) is 0 Å². The Morgan fingerprint density at radius 2 is 1.96 bits per heavy atom. The Morgan fingerprint density at radius 3 is 2.74 bits per heavy atom. The predicted octanol–water partition coefficient (Wildman–Crippen LogP) is 4.23. The largest absolute Gasteiger partial charge is 0.343 e. The van der Waals surface area contributed by atoms with E-state index in [-0.39, 0.29) is 18.4 Å². The highest BCUT2D eigenvalue weighted by atomic mass is 35.5. The maximum atomic E-state index is 11.9. The molecule has 0 unspecified atom stereocenters. The molecule has 3 rings (SSSR count). The molecule has 0 aliphatic rings. The summed E-state index contributed by atoms with van der Waals surface area (Å²) in [6.07, 6.45) is 6.26. The number of pyridine rings is 1. The number of aromatic nitrogens is 1. The summed E-state index contributed by atoms with van der Waals surface area (Å²) in [5.74, 6) is -0.661. The minimum Gasteiger partial charge on any atom is -0.343 e. The van der Waals surface area contributed by atoms with Crippen molar-refractivity contribution in [2.24, 2.45) is 0 Å². The molecule has 7 heteroatoms. The van der Waals surface area contributed by atoms with Gasteiger partial charge in [0, 0.05) is 32.6 Å². The van der Waals surface area contributed by atoms with Crippen molar-refractivity contribution in [1.82, 2.24) is 10.3 Å². The number of anilines is 1. The molecule has 2 aromatic heterocycles. The van der Waals surface area contributed by atoms with E-state index in [2.05, 4.69) is 15.6 Å². The lowest BCUT2D eigenvalue weighted by molar-refractivity contribution is -0.121. The maximum absolute atomic E-state index is 11.9. The van der Waals surface area contributed by atoms with Gasteiger partial charge in [0.05, 0.1) is 18.4 Å². The van der Waals surface area contributed by atoms with Crippen LogP contribution in [0, 0.1) is 0 Å². The number of halogens is 1. The number of amides is 2. The lowest BCUT2D eigenvalue weighted by atomic mass is 10.2. The Hall–Kier alpha value is -2.96. The zero-order chi connectivity index (χ0) is 19.1. The second-order valence-corrected chi connectivity index (χ2v) is 7.05. The monoisotopic (exact) mass is 397 g/mol. The second-order valence-electron chi connectivity index (χ2n) is 5.52. The number of rotatable bonds is 6. The first kappa shape index (κ1) is 18.8. The summed E-state index contributed by atoms with van der Waals surface area (Å²) in [4.78, 5) is 29.5. The second kappa shape index (κ2) is 9.12. The van der Waals surface area contributed by atoms with E-state index in [0.717, 1.165) is 15.3 Å². The maximum Gasteiger partial charge on any atom is 0.244 e. The topological polar surface area (TPSA) is 71.1 Å². The molecule has 2 heterocycles. The van der Waals surface area contributed by atoms with Crippen molar-refractivity contribution in [3.8, 4) is 10.4 Å². The molecule has 3 aromatic rings. The summed E-state index contributed by atoms with van der Waals surface area (Å²) < 4.78 is 0. The fourth-order valence-corrected chi connectivity index (χ4v) is 3.52. The molecule has 0 fully saturated rings. The summed E-state index contributed by atoms with van der Waals surface area (Å²) in [6.45, 7) is -0.118. The Morgan fingerprint density at radius 1 is 1.11 bits per heavy atom. The molecule has 0 spiro atoms. The lowest BCUT2D eigenvalue weighted by Crippen LogP contribution is -2.31. The summed E-state index contributed by atoms with van der Waals surface area (Å²) in [5, 5.41) is 5.88. The van der Waals surface area contributed by atoms with Crippen molar-refractivity contribution in [3.05, 3.63) is 76.9 Å². The number of thiophene rings is 1. The van der Waals surface area contributed by atoms with Crippen molar-refractivity contribution in [2.45, 2.75) is 0 Å². The third-order valence-electron chi connectivity index (χ3n) is 3.53. The summed E-state index contributed by atoms with van der Waals surface area (Å²) in [7, 11) is 0. The first-order valence-corrected chi connectivity index (χ1v) is 9.32. The highest BCUT2D eigenvalue weighted by Crippen LogP contribution is 2.33. The molecule has 0 aliphatic carbocycles. The van der Waals surface area contributed by atoms with Gasteiger partial charge in [0.2, 0.25) is 11.8 Å². The SMILES string of the molecule is O=C(/C=C/c1ccc(-c2ccccc2Cl)s1)NCC(=O)Nc1cccnc1. The number of nitrogens with one attached hydrogen (secondary N) is 2. The number of carbonyl (C=O) groups excluding carboxylic acids is 2. The molecule has 2 N–H and O–H groups in total. The lowest BCUT2D eigenvalue weighted by Gasteiger charge is -2.04. The molecule has 0 bridgehead atoms. The van der Waals surface area contributed by atoms with Crippen molar-refractivity contribution >= 4 is 46.5 Å². The Labute approximate surface area is 165 Å². The molecule has 136 valence electrons. The zero-order valence-electron chi connectivity index (χ0n) is 14.2. The van der Waals surface area contributed by atoms with E-state index < -0.39 is 0 Å². The van der Waals surface area contributed by atoms with Crippen molar-refractivity contribution < 1.29 is 9.59 Å².